The zero-order valence-corrected chi connectivity index (χ0v) is 31.5. The molecule has 0 atom stereocenters. The second-order valence-electron chi connectivity index (χ2n) is 14.7. The van der Waals surface area contributed by atoms with Gasteiger partial charge >= 0.3 is 0 Å². The van der Waals surface area contributed by atoms with Crippen LogP contribution in [0.4, 0.5) is 0 Å². The van der Waals surface area contributed by atoms with Gasteiger partial charge in [0, 0.05) is 43.1 Å². The smallest absolute Gasteiger partial charge is 0.160 e. The van der Waals surface area contributed by atoms with Crippen LogP contribution in [0, 0.1) is 0 Å². The highest BCUT2D eigenvalue weighted by Gasteiger charge is 2.17. The van der Waals surface area contributed by atoms with Gasteiger partial charge in [-0.05, 0) is 61.0 Å². The summed E-state index contributed by atoms with van der Waals surface area (Å²) in [4.78, 5) is 16.6. The molecule has 0 amide bonds. The zero-order chi connectivity index (χ0) is 37.5. The van der Waals surface area contributed by atoms with E-state index in [0.717, 1.165) is 49.6 Å². The number of nitrogens with zero attached hydrogens (tertiary/aromatic N) is 3. The van der Waals surface area contributed by atoms with Crippen LogP contribution in [0.2, 0.25) is 0 Å². The Balaban J connectivity index is 0.946. The molecule has 3 heterocycles. The first-order valence-electron chi connectivity index (χ1n) is 19.3. The standard InChI is InChI=1S/C53H31N3S/c1-2-9-39(10-3-1)52-54-45(33-19-17-32(18-20-33)40-29-27-37-24-23-35-11-8-12-36-28-30-42(40)49(37)48(35)36)31-46(55-52)34-21-25-38(26-22-34)51-43-14-5-4-13-41(43)50-44-15-6-7-16-47(44)57-53(50)56-51/h1-31H. The SMILES string of the molecule is c1ccc(-c2nc(-c3ccc(-c4nc5sc6ccccc6c5c5ccccc45)cc3)cc(-c3ccc(-c4ccc5ccc6cccc7ccc4c5c67)cc3)n2)cc1. The average Bonchev–Trinajstić information content (AvgIpc) is 3.67. The van der Waals surface area contributed by atoms with Gasteiger partial charge in [0.15, 0.2) is 5.82 Å². The summed E-state index contributed by atoms with van der Waals surface area (Å²) in [6.45, 7) is 0. The molecule has 57 heavy (non-hydrogen) atoms. The minimum atomic E-state index is 0.700. The van der Waals surface area contributed by atoms with Gasteiger partial charge in [-0.2, -0.15) is 0 Å². The molecule has 0 aliphatic carbocycles. The van der Waals surface area contributed by atoms with Crippen molar-refractivity contribution in [2.75, 3.05) is 0 Å². The van der Waals surface area contributed by atoms with Crippen molar-refractivity contribution in [3.8, 4) is 56.3 Å². The van der Waals surface area contributed by atoms with Gasteiger partial charge in [0.2, 0.25) is 0 Å². The van der Waals surface area contributed by atoms with E-state index >= 15 is 0 Å². The first-order valence-corrected chi connectivity index (χ1v) is 20.1. The van der Waals surface area contributed by atoms with E-state index in [1.807, 2.05) is 18.2 Å². The van der Waals surface area contributed by atoms with Crippen LogP contribution in [0.15, 0.2) is 188 Å². The molecule has 0 saturated heterocycles. The van der Waals surface area contributed by atoms with Crippen molar-refractivity contribution in [2.24, 2.45) is 0 Å². The topological polar surface area (TPSA) is 38.7 Å². The Morgan fingerprint density at radius 2 is 0.912 bits per heavy atom. The largest absolute Gasteiger partial charge is 0.236 e. The molecular formula is C53H31N3S. The van der Waals surface area contributed by atoms with E-state index in [9.17, 15) is 0 Å². The van der Waals surface area contributed by atoms with E-state index in [-0.39, 0.29) is 0 Å². The Kier molecular flexibility index (Phi) is 7.10. The van der Waals surface area contributed by atoms with Gasteiger partial charge in [-0.3, -0.25) is 0 Å². The molecule has 0 unspecified atom stereocenters. The first kappa shape index (κ1) is 32.0. The Bertz CT molecular complexity index is 3480. The van der Waals surface area contributed by atoms with E-state index in [1.165, 1.54) is 64.3 Å². The van der Waals surface area contributed by atoms with Gasteiger partial charge in [-0.1, -0.05) is 176 Å². The number of hydrogen-bond donors (Lipinski definition) is 0. The van der Waals surface area contributed by atoms with Crippen molar-refractivity contribution in [3.05, 3.63) is 188 Å². The summed E-state index contributed by atoms with van der Waals surface area (Å²) >= 11 is 1.76. The van der Waals surface area contributed by atoms with Gasteiger partial charge in [-0.25, -0.2) is 15.0 Å². The zero-order valence-electron chi connectivity index (χ0n) is 30.6. The summed E-state index contributed by atoms with van der Waals surface area (Å²) in [5.74, 6) is 0.700. The normalized spacial score (nSPS) is 11.9. The maximum Gasteiger partial charge on any atom is 0.160 e. The fourth-order valence-corrected chi connectivity index (χ4v) is 9.82. The van der Waals surface area contributed by atoms with E-state index in [0.29, 0.717) is 5.82 Å². The fraction of sp³-hybridized carbons (Fsp3) is 0. The third-order valence-electron chi connectivity index (χ3n) is 11.5. The summed E-state index contributed by atoms with van der Waals surface area (Å²) in [5.41, 5.74) is 9.29. The minimum Gasteiger partial charge on any atom is -0.236 e. The van der Waals surface area contributed by atoms with E-state index in [1.54, 1.807) is 11.3 Å². The molecule has 0 bridgehead atoms. The molecule has 12 aromatic rings. The molecular weight excluding hydrogens is 711 g/mol. The van der Waals surface area contributed by atoms with Crippen molar-refractivity contribution >= 4 is 74.7 Å². The van der Waals surface area contributed by atoms with Crippen LogP contribution in [0.25, 0.3) is 120 Å². The van der Waals surface area contributed by atoms with Crippen LogP contribution in [0.5, 0.6) is 0 Å². The number of rotatable bonds is 5. The molecule has 4 heteroatoms. The van der Waals surface area contributed by atoms with Crippen LogP contribution < -0.4 is 0 Å². The quantitative estimate of drug-likeness (QED) is 0.165. The molecule has 3 nitrogen and oxygen atoms in total. The molecule has 0 fully saturated rings. The summed E-state index contributed by atoms with van der Waals surface area (Å²) in [6.07, 6.45) is 0. The van der Waals surface area contributed by atoms with Crippen LogP contribution >= 0.6 is 11.3 Å². The van der Waals surface area contributed by atoms with Gasteiger partial charge in [-0.15, -0.1) is 11.3 Å². The Hall–Kier alpha value is -7.27. The van der Waals surface area contributed by atoms with E-state index in [2.05, 4.69) is 170 Å². The van der Waals surface area contributed by atoms with Crippen molar-refractivity contribution in [1.82, 2.24) is 15.0 Å². The van der Waals surface area contributed by atoms with Crippen LogP contribution in [0.3, 0.4) is 0 Å². The Morgan fingerprint density at radius 1 is 0.333 bits per heavy atom. The van der Waals surface area contributed by atoms with Crippen molar-refractivity contribution < 1.29 is 0 Å². The molecule has 3 aromatic heterocycles. The Morgan fingerprint density at radius 3 is 1.65 bits per heavy atom. The average molecular weight is 742 g/mol. The Labute approximate surface area is 332 Å². The molecule has 0 aliphatic heterocycles. The highest BCUT2D eigenvalue weighted by Crippen LogP contribution is 2.42. The molecule has 0 N–H and O–H groups in total. The number of benzene rings is 9. The van der Waals surface area contributed by atoms with Crippen molar-refractivity contribution in [2.45, 2.75) is 0 Å². The maximum atomic E-state index is 5.28. The molecule has 12 rings (SSSR count). The second-order valence-corrected chi connectivity index (χ2v) is 15.8. The van der Waals surface area contributed by atoms with Crippen LogP contribution in [-0.2, 0) is 0 Å². The monoisotopic (exact) mass is 741 g/mol. The molecule has 0 aliphatic rings. The van der Waals surface area contributed by atoms with Crippen LogP contribution in [0.1, 0.15) is 0 Å². The van der Waals surface area contributed by atoms with E-state index in [4.69, 9.17) is 15.0 Å². The predicted molar refractivity (Wildman–Crippen MR) is 241 cm³/mol. The van der Waals surface area contributed by atoms with Gasteiger partial charge < -0.3 is 0 Å². The van der Waals surface area contributed by atoms with E-state index < -0.39 is 0 Å². The highest BCUT2D eigenvalue weighted by molar-refractivity contribution is 7.25. The van der Waals surface area contributed by atoms with Crippen molar-refractivity contribution in [1.29, 1.82) is 0 Å². The highest BCUT2D eigenvalue weighted by atomic mass is 32.1. The molecule has 9 aromatic carbocycles. The maximum absolute atomic E-state index is 5.28. The summed E-state index contributed by atoms with van der Waals surface area (Å²) in [5, 5.41) is 12.7. The summed E-state index contributed by atoms with van der Waals surface area (Å²) < 4.78 is 1.26. The first-order chi connectivity index (χ1) is 28.2. The number of fused-ring (bicyclic) bond motifs is 5. The number of aromatic nitrogens is 3. The molecule has 264 valence electrons. The lowest BCUT2D eigenvalue weighted by molar-refractivity contribution is 1.18. The fourth-order valence-electron chi connectivity index (χ4n) is 8.73. The second kappa shape index (κ2) is 12.6. The number of hydrogen-bond acceptors (Lipinski definition) is 4. The van der Waals surface area contributed by atoms with Crippen LogP contribution in [-0.4, -0.2) is 15.0 Å². The predicted octanol–water partition coefficient (Wildman–Crippen LogP) is 14.6. The van der Waals surface area contributed by atoms with Gasteiger partial charge in [0.25, 0.3) is 0 Å². The number of thiophene rings is 1. The lowest BCUT2D eigenvalue weighted by atomic mass is 9.89. The van der Waals surface area contributed by atoms with Gasteiger partial charge in [0.1, 0.15) is 4.83 Å². The third kappa shape index (κ3) is 5.15. The molecule has 0 spiro atoms. The molecule has 0 radical (unpaired) electrons. The minimum absolute atomic E-state index is 0.700. The lowest BCUT2D eigenvalue weighted by Crippen LogP contribution is -1.96. The lowest BCUT2D eigenvalue weighted by Gasteiger charge is -2.14. The summed E-state index contributed by atoms with van der Waals surface area (Å²) in [6, 6.07) is 67.2. The number of pyridine rings is 1. The van der Waals surface area contributed by atoms with Gasteiger partial charge in [0.05, 0.1) is 17.1 Å². The molecule has 0 saturated carbocycles. The van der Waals surface area contributed by atoms with Crippen molar-refractivity contribution in [3.63, 3.8) is 0 Å². The third-order valence-corrected chi connectivity index (χ3v) is 12.5. The summed E-state index contributed by atoms with van der Waals surface area (Å²) in [7, 11) is 0.